The number of fused-ring (bicyclic) bond motifs is 1. The van der Waals surface area contributed by atoms with Crippen LogP contribution in [0.2, 0.25) is 5.02 Å². The Morgan fingerprint density at radius 3 is 2.44 bits per heavy atom. The molecule has 0 aliphatic rings. The molecular weight excluding hydrogens is 389 g/mol. The van der Waals surface area contributed by atoms with Gasteiger partial charge < -0.3 is 9.88 Å². The number of rotatable bonds is 4. The molecular formula is C18H15ClF5N3. The minimum Gasteiger partial charge on any atom is -0.341 e. The topological polar surface area (TPSA) is 29.9 Å². The lowest BCUT2D eigenvalue weighted by atomic mass is 10.1. The van der Waals surface area contributed by atoms with Gasteiger partial charge in [0.2, 0.25) is 0 Å². The second-order valence-corrected chi connectivity index (χ2v) is 6.79. The highest BCUT2D eigenvalue weighted by atomic mass is 35.5. The van der Waals surface area contributed by atoms with Crippen molar-refractivity contribution < 1.29 is 22.0 Å². The molecule has 27 heavy (non-hydrogen) atoms. The Labute approximate surface area is 156 Å². The highest BCUT2D eigenvalue weighted by molar-refractivity contribution is 6.33. The molecule has 0 saturated carbocycles. The first-order valence-corrected chi connectivity index (χ1v) is 8.29. The number of benzene rings is 1. The van der Waals surface area contributed by atoms with Gasteiger partial charge in [-0.25, -0.2) is 13.8 Å². The fourth-order valence-electron chi connectivity index (χ4n) is 2.84. The van der Waals surface area contributed by atoms with Gasteiger partial charge in [-0.2, -0.15) is 13.2 Å². The number of anilines is 2. The molecule has 0 aliphatic carbocycles. The van der Waals surface area contributed by atoms with Gasteiger partial charge in [0.25, 0.3) is 5.92 Å². The van der Waals surface area contributed by atoms with E-state index in [0.717, 1.165) is 19.1 Å². The average molecular weight is 404 g/mol. The minimum atomic E-state index is -4.51. The van der Waals surface area contributed by atoms with E-state index in [1.807, 2.05) is 0 Å². The lowest BCUT2D eigenvalue weighted by Gasteiger charge is -2.16. The van der Waals surface area contributed by atoms with Crippen molar-refractivity contribution in [2.75, 3.05) is 5.32 Å². The molecule has 0 saturated heterocycles. The Morgan fingerprint density at radius 1 is 1.15 bits per heavy atom. The quantitative estimate of drug-likeness (QED) is 0.510. The molecule has 144 valence electrons. The number of aromatic nitrogens is 2. The van der Waals surface area contributed by atoms with Crippen LogP contribution in [0.15, 0.2) is 36.7 Å². The monoisotopic (exact) mass is 403 g/mol. The summed E-state index contributed by atoms with van der Waals surface area (Å²) in [6, 6.07) is 5.02. The lowest BCUT2D eigenvalue weighted by molar-refractivity contribution is -0.137. The average Bonchev–Trinajstić information content (AvgIpc) is 2.92. The van der Waals surface area contributed by atoms with E-state index in [2.05, 4.69) is 10.3 Å². The molecule has 3 aromatic rings. The Morgan fingerprint density at radius 2 is 1.85 bits per heavy atom. The van der Waals surface area contributed by atoms with Crippen molar-refractivity contribution in [1.82, 2.24) is 9.55 Å². The van der Waals surface area contributed by atoms with Crippen LogP contribution in [0.3, 0.4) is 0 Å². The number of nitrogens with zero attached hydrogens (tertiary/aromatic N) is 2. The van der Waals surface area contributed by atoms with E-state index in [-0.39, 0.29) is 16.3 Å². The van der Waals surface area contributed by atoms with E-state index >= 15 is 0 Å². The van der Waals surface area contributed by atoms with Crippen molar-refractivity contribution >= 4 is 34.0 Å². The summed E-state index contributed by atoms with van der Waals surface area (Å²) in [4.78, 5) is 4.17. The first kappa shape index (κ1) is 19.4. The zero-order valence-corrected chi connectivity index (χ0v) is 15.1. The third kappa shape index (κ3) is 4.16. The molecule has 0 radical (unpaired) electrons. The summed E-state index contributed by atoms with van der Waals surface area (Å²) in [5, 5.41) is 3.37. The van der Waals surface area contributed by atoms with E-state index in [0.29, 0.717) is 16.7 Å². The van der Waals surface area contributed by atoms with Crippen LogP contribution in [0.1, 0.15) is 18.1 Å². The summed E-state index contributed by atoms with van der Waals surface area (Å²) in [5.41, 5.74) is 0.235. The predicted molar refractivity (Wildman–Crippen MR) is 94.8 cm³/mol. The maximum absolute atomic E-state index is 13.3. The first-order valence-electron chi connectivity index (χ1n) is 7.92. The fraction of sp³-hybridized carbons (Fsp3) is 0.278. The molecule has 0 spiro atoms. The Hall–Kier alpha value is -2.35. The molecule has 3 rings (SSSR count). The van der Waals surface area contributed by atoms with E-state index < -0.39 is 24.2 Å². The van der Waals surface area contributed by atoms with Gasteiger partial charge in [-0.3, -0.25) is 0 Å². The van der Waals surface area contributed by atoms with Crippen molar-refractivity contribution in [1.29, 1.82) is 0 Å². The SMILES string of the molecule is Cc1cc(C(F)(F)F)cc(Cl)c1Nc1nccc2c1ccn2CC(C)(F)F. The third-order valence-corrected chi connectivity index (χ3v) is 4.30. The van der Waals surface area contributed by atoms with E-state index in [9.17, 15) is 22.0 Å². The molecule has 0 unspecified atom stereocenters. The molecule has 9 heteroatoms. The van der Waals surface area contributed by atoms with Crippen LogP contribution in [-0.4, -0.2) is 15.5 Å². The van der Waals surface area contributed by atoms with Crippen LogP contribution in [-0.2, 0) is 12.7 Å². The first-order chi connectivity index (χ1) is 12.5. The van der Waals surface area contributed by atoms with Crippen molar-refractivity contribution in [3.05, 3.63) is 52.8 Å². The molecule has 1 aromatic carbocycles. The number of aryl methyl sites for hydroxylation is 1. The van der Waals surface area contributed by atoms with E-state index in [1.54, 1.807) is 12.1 Å². The zero-order chi connectivity index (χ0) is 20.0. The summed E-state index contributed by atoms with van der Waals surface area (Å²) < 4.78 is 66.8. The lowest BCUT2D eigenvalue weighted by Crippen LogP contribution is -2.18. The van der Waals surface area contributed by atoms with Crippen LogP contribution in [0.4, 0.5) is 33.5 Å². The van der Waals surface area contributed by atoms with Gasteiger partial charge in [0.15, 0.2) is 0 Å². The highest BCUT2D eigenvalue weighted by Crippen LogP contribution is 2.38. The maximum atomic E-state index is 13.3. The van der Waals surface area contributed by atoms with E-state index in [4.69, 9.17) is 11.6 Å². The van der Waals surface area contributed by atoms with Gasteiger partial charge in [0, 0.05) is 24.7 Å². The normalized spacial score (nSPS) is 12.6. The zero-order valence-electron chi connectivity index (χ0n) is 14.3. The van der Waals surface area contributed by atoms with Gasteiger partial charge in [0.1, 0.15) is 5.82 Å². The smallest absolute Gasteiger partial charge is 0.341 e. The molecule has 2 heterocycles. The number of pyridine rings is 1. The molecule has 0 aliphatic heterocycles. The minimum absolute atomic E-state index is 0.111. The predicted octanol–water partition coefficient (Wildman–Crippen LogP) is 6.42. The van der Waals surface area contributed by atoms with Gasteiger partial charge >= 0.3 is 6.18 Å². The summed E-state index contributed by atoms with van der Waals surface area (Å²) in [6.07, 6.45) is -1.56. The highest BCUT2D eigenvalue weighted by Gasteiger charge is 2.31. The summed E-state index contributed by atoms with van der Waals surface area (Å²) in [7, 11) is 0. The van der Waals surface area contributed by atoms with Crippen LogP contribution < -0.4 is 5.32 Å². The van der Waals surface area contributed by atoms with Gasteiger partial charge in [-0.1, -0.05) is 11.6 Å². The van der Waals surface area contributed by atoms with Crippen LogP contribution in [0, 0.1) is 6.92 Å². The van der Waals surface area contributed by atoms with Crippen LogP contribution in [0.5, 0.6) is 0 Å². The summed E-state index contributed by atoms with van der Waals surface area (Å²) >= 11 is 6.04. The second-order valence-electron chi connectivity index (χ2n) is 6.38. The number of hydrogen-bond donors (Lipinski definition) is 1. The van der Waals surface area contributed by atoms with Gasteiger partial charge in [-0.15, -0.1) is 0 Å². The van der Waals surface area contributed by atoms with Gasteiger partial charge in [-0.05, 0) is 36.8 Å². The molecule has 2 aromatic heterocycles. The fourth-order valence-corrected chi connectivity index (χ4v) is 3.16. The van der Waals surface area contributed by atoms with Crippen LogP contribution >= 0.6 is 11.6 Å². The number of alkyl halides is 5. The van der Waals surface area contributed by atoms with E-state index in [1.165, 1.54) is 23.9 Å². The van der Waals surface area contributed by atoms with Gasteiger partial charge in [0.05, 0.1) is 28.3 Å². The standard InChI is InChI=1S/C18H15ClF5N3/c1-10-7-11(18(22,23)24)8-13(19)15(10)26-16-12-4-6-27(9-17(2,20)21)14(12)3-5-25-16/h3-8H,9H2,1-2H3,(H,25,26). The largest absolute Gasteiger partial charge is 0.416 e. The molecule has 0 amide bonds. The van der Waals surface area contributed by atoms with Crippen LogP contribution in [0.25, 0.3) is 10.9 Å². The maximum Gasteiger partial charge on any atom is 0.416 e. The van der Waals surface area contributed by atoms with Crippen molar-refractivity contribution in [3.8, 4) is 0 Å². The van der Waals surface area contributed by atoms with Crippen molar-refractivity contribution in [3.63, 3.8) is 0 Å². The third-order valence-electron chi connectivity index (χ3n) is 4.00. The number of hydrogen-bond acceptors (Lipinski definition) is 2. The molecule has 0 fully saturated rings. The molecule has 3 nitrogen and oxygen atoms in total. The number of nitrogens with one attached hydrogen (secondary N) is 1. The molecule has 0 atom stereocenters. The van der Waals surface area contributed by atoms with Crippen molar-refractivity contribution in [2.45, 2.75) is 32.5 Å². The molecule has 0 bridgehead atoms. The van der Waals surface area contributed by atoms with Crippen molar-refractivity contribution in [2.24, 2.45) is 0 Å². The number of halogens is 6. The molecule has 1 N–H and O–H groups in total. The Balaban J connectivity index is 2.01. The Kier molecular flexibility index (Phi) is 4.80. The summed E-state index contributed by atoms with van der Waals surface area (Å²) in [5.74, 6) is -2.58. The second kappa shape index (κ2) is 6.67. The Bertz CT molecular complexity index is 966. The summed E-state index contributed by atoms with van der Waals surface area (Å²) in [6.45, 7) is 1.82.